The summed E-state index contributed by atoms with van der Waals surface area (Å²) < 4.78 is 52.5. The Morgan fingerprint density at radius 2 is 1.74 bits per heavy atom. The van der Waals surface area contributed by atoms with Gasteiger partial charge in [0.05, 0.1) is 26.4 Å². The Labute approximate surface area is 224 Å². The number of aromatic nitrogens is 2. The summed E-state index contributed by atoms with van der Waals surface area (Å²) >= 11 is 0. The number of benzene rings is 1. The van der Waals surface area contributed by atoms with Gasteiger partial charge in [-0.05, 0) is 35.5 Å². The minimum atomic E-state index is -4.73. The molecule has 12 nitrogen and oxygen atoms in total. The number of nitrogens with zero attached hydrogens (tertiary/aromatic N) is 3. The van der Waals surface area contributed by atoms with E-state index in [1.54, 1.807) is 0 Å². The predicted octanol–water partition coefficient (Wildman–Crippen LogP) is 2.38. The van der Waals surface area contributed by atoms with Gasteiger partial charge >= 0.3 is 18.2 Å². The van der Waals surface area contributed by atoms with Crippen LogP contribution in [0.5, 0.6) is 11.8 Å². The van der Waals surface area contributed by atoms with Crippen LogP contribution in [-0.2, 0) is 17.9 Å². The summed E-state index contributed by atoms with van der Waals surface area (Å²) in [5.41, 5.74) is 0.650. The number of imidazole rings is 1. The number of halogens is 3. The number of aliphatic hydroxyl groups is 2. The smallest absolute Gasteiger partial charge is 0.443 e. The van der Waals surface area contributed by atoms with Crippen LogP contribution in [0.2, 0.25) is 0 Å². The molecule has 1 aromatic carbocycles. The van der Waals surface area contributed by atoms with E-state index in [1.165, 1.54) is 35.0 Å². The molecular weight excluding hydrogens is 527 g/mol. The first kappa shape index (κ1) is 32.2. The van der Waals surface area contributed by atoms with Crippen molar-refractivity contribution >= 4 is 5.82 Å². The summed E-state index contributed by atoms with van der Waals surface area (Å²) in [7, 11) is 0. The molecule has 0 spiro atoms. The van der Waals surface area contributed by atoms with Gasteiger partial charge < -0.3 is 45.2 Å². The molecular formula is C24H36F3N5O7. The lowest BCUT2D eigenvalue weighted by Crippen LogP contribution is -2.40. The average molecular weight is 564 g/mol. The lowest BCUT2D eigenvalue weighted by molar-refractivity contribution is -0.389. The minimum absolute atomic E-state index is 0.145. The van der Waals surface area contributed by atoms with Gasteiger partial charge in [0.2, 0.25) is 0 Å². The second kappa shape index (κ2) is 16.2. The lowest BCUT2D eigenvalue weighted by atomic mass is 10.2. The molecule has 2 heterocycles. The molecule has 0 fully saturated rings. The van der Waals surface area contributed by atoms with Gasteiger partial charge in [-0.25, -0.2) is 0 Å². The van der Waals surface area contributed by atoms with Gasteiger partial charge in [0.25, 0.3) is 0 Å². The van der Waals surface area contributed by atoms with Gasteiger partial charge in [-0.1, -0.05) is 26.0 Å². The summed E-state index contributed by atoms with van der Waals surface area (Å²) in [5.74, 6) is -0.622. The maximum absolute atomic E-state index is 12.1. The molecule has 0 saturated heterocycles. The molecule has 15 heteroatoms. The van der Waals surface area contributed by atoms with Crippen LogP contribution in [-0.4, -0.2) is 82.1 Å². The molecule has 220 valence electrons. The van der Waals surface area contributed by atoms with Gasteiger partial charge in [0.1, 0.15) is 24.7 Å². The number of hydrogen-bond acceptors (Lipinski definition) is 10. The highest BCUT2D eigenvalue weighted by Gasteiger charge is 2.31. The Morgan fingerprint density at radius 1 is 1.15 bits per heavy atom. The number of aliphatic hydroxyl groups excluding tert-OH is 2. The van der Waals surface area contributed by atoms with E-state index in [0.717, 1.165) is 25.9 Å². The fourth-order valence-electron chi connectivity index (χ4n) is 3.49. The van der Waals surface area contributed by atoms with Crippen molar-refractivity contribution in [3.63, 3.8) is 0 Å². The molecule has 1 aromatic heterocycles. The monoisotopic (exact) mass is 563 g/mol. The molecule has 39 heavy (non-hydrogen) atoms. The van der Waals surface area contributed by atoms with Crippen molar-refractivity contribution in [3.8, 4) is 11.8 Å². The third-order valence-corrected chi connectivity index (χ3v) is 5.77. The van der Waals surface area contributed by atoms with Crippen molar-refractivity contribution in [2.45, 2.75) is 64.4 Å². The summed E-state index contributed by atoms with van der Waals surface area (Å²) in [6, 6.07) is 5.86. The molecule has 0 saturated carbocycles. The molecule has 3 atom stereocenters. The number of ether oxygens (including phenoxy) is 3. The number of rotatable bonds is 14. The topological polar surface area (TPSA) is 153 Å². The van der Waals surface area contributed by atoms with Gasteiger partial charge in [-0.15, -0.1) is 13.2 Å². The number of hydrogen-bond donors (Lipinski definition) is 4. The van der Waals surface area contributed by atoms with Crippen LogP contribution in [0.3, 0.4) is 0 Å². The molecule has 0 radical (unpaired) electrons. The molecule has 3 rings (SSSR count). The summed E-state index contributed by atoms with van der Waals surface area (Å²) in [4.78, 5) is 13.8. The van der Waals surface area contributed by atoms with Gasteiger partial charge in [0.15, 0.2) is 0 Å². The molecule has 0 amide bonds. The first-order valence-corrected chi connectivity index (χ1v) is 12.6. The zero-order chi connectivity index (χ0) is 28.8. The van der Waals surface area contributed by atoms with E-state index in [2.05, 4.69) is 20.4 Å². The van der Waals surface area contributed by atoms with E-state index in [9.17, 15) is 23.3 Å². The third-order valence-electron chi connectivity index (χ3n) is 5.77. The highest BCUT2D eigenvalue weighted by atomic mass is 19.4. The second-order valence-electron chi connectivity index (χ2n) is 8.71. The number of nitrogens with one attached hydrogen (secondary N) is 2. The summed E-state index contributed by atoms with van der Waals surface area (Å²) in [6.07, 6.45) is -1.97. The van der Waals surface area contributed by atoms with Crippen LogP contribution in [0, 0.1) is 10.1 Å². The highest BCUT2D eigenvalue weighted by molar-refractivity contribution is 5.27. The van der Waals surface area contributed by atoms with Crippen LogP contribution < -0.4 is 20.1 Å². The van der Waals surface area contributed by atoms with E-state index in [-0.39, 0.29) is 62.2 Å². The van der Waals surface area contributed by atoms with Crippen molar-refractivity contribution in [1.29, 1.82) is 0 Å². The Hall–Kier alpha value is -2.98. The van der Waals surface area contributed by atoms with Gasteiger partial charge in [-0.2, -0.15) is 0 Å². The van der Waals surface area contributed by atoms with E-state index in [0.29, 0.717) is 12.1 Å². The SMILES string of the molecule is CC[C@@H](CO)NCCN[C@@H](CC)CO.O=[N+]([O-])c1cn2c(n1)OC[C@@H](OCc1ccc(OC(F)(F)F)cc1)C2. The Balaban J connectivity index is 0.000000326. The largest absolute Gasteiger partial charge is 0.573 e. The first-order valence-electron chi connectivity index (χ1n) is 12.6. The van der Waals surface area contributed by atoms with Crippen LogP contribution >= 0.6 is 0 Å². The van der Waals surface area contributed by atoms with Crippen LogP contribution in [0.4, 0.5) is 19.0 Å². The van der Waals surface area contributed by atoms with Crippen molar-refractivity contribution in [2.75, 3.05) is 32.9 Å². The molecule has 2 aromatic rings. The zero-order valence-corrected chi connectivity index (χ0v) is 21.9. The van der Waals surface area contributed by atoms with E-state index >= 15 is 0 Å². The fourth-order valence-corrected chi connectivity index (χ4v) is 3.49. The maximum Gasteiger partial charge on any atom is 0.573 e. The first-order chi connectivity index (χ1) is 18.6. The predicted molar refractivity (Wildman–Crippen MR) is 134 cm³/mol. The zero-order valence-electron chi connectivity index (χ0n) is 21.9. The van der Waals surface area contributed by atoms with Gasteiger partial charge in [0, 0.05) is 30.2 Å². The summed E-state index contributed by atoms with van der Waals surface area (Å²) in [6.45, 7) is 6.77. The van der Waals surface area contributed by atoms with E-state index in [1.807, 2.05) is 13.8 Å². The fraction of sp³-hybridized carbons (Fsp3) is 0.625. The molecule has 0 aliphatic carbocycles. The third kappa shape index (κ3) is 11.7. The highest BCUT2D eigenvalue weighted by Crippen LogP contribution is 2.24. The van der Waals surface area contributed by atoms with Gasteiger partial charge in [-0.3, -0.25) is 4.57 Å². The van der Waals surface area contributed by atoms with Crippen LogP contribution in [0.25, 0.3) is 0 Å². The van der Waals surface area contributed by atoms with Crippen LogP contribution in [0.15, 0.2) is 30.5 Å². The molecule has 0 unspecified atom stereocenters. The standard InChI is InChI=1S/C14H12F3N3O5.C10H24N2O2/c15-14(16,17)25-10-3-1-9(2-4-10)7-23-11-5-19-6-12(20(21)22)18-13(19)24-8-11;1-3-9(7-13)11-5-6-12-10(4-2)8-14/h1-4,6,11H,5,7-8H2;9-14H,3-8H2,1-2H3/t11-;9-,10-/m00/s1. The molecule has 4 N–H and O–H groups in total. The molecule has 0 bridgehead atoms. The van der Waals surface area contributed by atoms with Crippen LogP contribution in [0.1, 0.15) is 32.3 Å². The Kier molecular flexibility index (Phi) is 13.4. The molecule has 1 aliphatic rings. The molecule has 1 aliphatic heterocycles. The van der Waals surface area contributed by atoms with Crippen molar-refractivity contribution < 1.29 is 42.5 Å². The maximum atomic E-state index is 12.1. The normalized spacial score (nSPS) is 16.3. The average Bonchev–Trinajstić information content (AvgIpc) is 3.34. The number of fused-ring (bicyclic) bond motifs is 1. The lowest BCUT2D eigenvalue weighted by Gasteiger charge is -2.22. The summed E-state index contributed by atoms with van der Waals surface area (Å²) in [5, 5.41) is 35.0. The quantitative estimate of drug-likeness (QED) is 0.153. The number of nitro groups is 1. The Morgan fingerprint density at radius 3 is 2.23 bits per heavy atom. The minimum Gasteiger partial charge on any atom is -0.443 e. The van der Waals surface area contributed by atoms with E-state index in [4.69, 9.17) is 19.7 Å². The van der Waals surface area contributed by atoms with E-state index < -0.39 is 11.3 Å². The Bertz CT molecular complexity index is 969. The van der Waals surface area contributed by atoms with Crippen molar-refractivity contribution in [1.82, 2.24) is 20.2 Å². The van der Waals surface area contributed by atoms with Crippen molar-refractivity contribution in [2.24, 2.45) is 0 Å². The number of alkyl halides is 3. The second-order valence-corrected chi connectivity index (χ2v) is 8.71. The van der Waals surface area contributed by atoms with Crippen molar-refractivity contribution in [3.05, 3.63) is 46.1 Å².